The summed E-state index contributed by atoms with van der Waals surface area (Å²) in [7, 11) is 4.99. The minimum Gasteiger partial charge on any atom is -0.493 e. The van der Waals surface area contributed by atoms with E-state index >= 15 is 0 Å². The van der Waals surface area contributed by atoms with Crippen molar-refractivity contribution in [1.82, 2.24) is 4.90 Å². The molecule has 2 unspecified atom stereocenters. The molecule has 5 heteroatoms. The standard InChI is InChI=1S/C14H20N2O3/c1-16-13(17)7-5-10(15)14(16)9-4-6-11(18-2)12(8-9)19-3/h4,6,8,10,14H,5,7,15H2,1-3H3. The number of hydrogen-bond donors (Lipinski definition) is 1. The molecule has 1 amide bonds. The molecular formula is C14H20N2O3. The Morgan fingerprint density at radius 2 is 1.95 bits per heavy atom. The average Bonchev–Trinajstić information content (AvgIpc) is 2.43. The van der Waals surface area contributed by atoms with Crippen molar-refractivity contribution in [1.29, 1.82) is 0 Å². The quantitative estimate of drug-likeness (QED) is 0.894. The first-order valence-electron chi connectivity index (χ1n) is 6.31. The Kier molecular flexibility index (Phi) is 3.95. The van der Waals surface area contributed by atoms with Crippen LogP contribution in [0, 0.1) is 0 Å². The lowest BCUT2D eigenvalue weighted by Crippen LogP contribution is -2.46. The van der Waals surface area contributed by atoms with Gasteiger partial charge in [-0.1, -0.05) is 6.07 Å². The van der Waals surface area contributed by atoms with Gasteiger partial charge in [-0.3, -0.25) is 4.79 Å². The SMILES string of the molecule is COc1ccc(C2C(N)CCC(=O)N2C)cc1OC. The summed E-state index contributed by atoms with van der Waals surface area (Å²) < 4.78 is 10.5. The molecule has 1 heterocycles. The van der Waals surface area contributed by atoms with Gasteiger partial charge in [0.25, 0.3) is 0 Å². The maximum Gasteiger partial charge on any atom is 0.222 e. The van der Waals surface area contributed by atoms with Crippen molar-refractivity contribution >= 4 is 5.91 Å². The Bertz CT molecular complexity index is 476. The van der Waals surface area contributed by atoms with Crippen LogP contribution in [0.5, 0.6) is 11.5 Å². The second kappa shape index (κ2) is 5.48. The second-order valence-electron chi connectivity index (χ2n) is 4.77. The largest absolute Gasteiger partial charge is 0.493 e. The van der Waals surface area contributed by atoms with Crippen molar-refractivity contribution < 1.29 is 14.3 Å². The molecule has 0 aliphatic carbocycles. The number of nitrogens with two attached hydrogens (primary N) is 1. The Morgan fingerprint density at radius 1 is 1.26 bits per heavy atom. The molecule has 2 rings (SSSR count). The van der Waals surface area contributed by atoms with Crippen molar-refractivity contribution in [2.24, 2.45) is 5.73 Å². The number of likely N-dealkylation sites (tertiary alicyclic amines) is 1. The number of ether oxygens (including phenoxy) is 2. The van der Waals surface area contributed by atoms with Crippen LogP contribution < -0.4 is 15.2 Å². The van der Waals surface area contributed by atoms with Crippen LogP contribution in [-0.4, -0.2) is 38.1 Å². The molecule has 2 atom stereocenters. The zero-order valence-electron chi connectivity index (χ0n) is 11.6. The summed E-state index contributed by atoms with van der Waals surface area (Å²) in [6.07, 6.45) is 1.23. The molecule has 0 aromatic heterocycles. The molecule has 19 heavy (non-hydrogen) atoms. The summed E-state index contributed by atoms with van der Waals surface area (Å²) in [6, 6.07) is 5.50. The van der Waals surface area contributed by atoms with Gasteiger partial charge in [-0.2, -0.15) is 0 Å². The van der Waals surface area contributed by atoms with Crippen molar-refractivity contribution in [3.63, 3.8) is 0 Å². The van der Waals surface area contributed by atoms with Gasteiger partial charge >= 0.3 is 0 Å². The van der Waals surface area contributed by atoms with Gasteiger partial charge in [0.05, 0.1) is 20.3 Å². The van der Waals surface area contributed by atoms with Crippen LogP contribution in [0.3, 0.4) is 0 Å². The fourth-order valence-corrected chi connectivity index (χ4v) is 2.57. The number of amides is 1. The summed E-state index contributed by atoms with van der Waals surface area (Å²) in [5, 5.41) is 0. The molecule has 0 radical (unpaired) electrons. The predicted molar refractivity (Wildman–Crippen MR) is 72.3 cm³/mol. The summed E-state index contributed by atoms with van der Waals surface area (Å²) in [6.45, 7) is 0. The van der Waals surface area contributed by atoms with Gasteiger partial charge in [0.1, 0.15) is 0 Å². The summed E-state index contributed by atoms with van der Waals surface area (Å²) in [5.41, 5.74) is 7.13. The zero-order chi connectivity index (χ0) is 14.0. The summed E-state index contributed by atoms with van der Waals surface area (Å²) in [4.78, 5) is 13.5. The maximum absolute atomic E-state index is 11.8. The van der Waals surface area contributed by atoms with Crippen LogP contribution in [0.4, 0.5) is 0 Å². The minimum atomic E-state index is -0.110. The molecule has 1 saturated heterocycles. The van der Waals surface area contributed by atoms with Crippen molar-refractivity contribution in [3.8, 4) is 11.5 Å². The van der Waals surface area contributed by atoms with E-state index in [2.05, 4.69) is 0 Å². The number of hydrogen-bond acceptors (Lipinski definition) is 4. The molecule has 1 fully saturated rings. The minimum absolute atomic E-state index is 0.0548. The Balaban J connectivity index is 2.36. The van der Waals surface area contributed by atoms with Crippen LogP contribution in [0.25, 0.3) is 0 Å². The van der Waals surface area contributed by atoms with E-state index < -0.39 is 0 Å². The average molecular weight is 264 g/mol. The van der Waals surface area contributed by atoms with Gasteiger partial charge in [0.2, 0.25) is 5.91 Å². The predicted octanol–water partition coefficient (Wildman–Crippen LogP) is 1.32. The number of nitrogens with zero attached hydrogens (tertiary/aromatic N) is 1. The van der Waals surface area contributed by atoms with E-state index in [1.165, 1.54) is 0 Å². The topological polar surface area (TPSA) is 64.8 Å². The van der Waals surface area contributed by atoms with Gasteiger partial charge in [-0.15, -0.1) is 0 Å². The lowest BCUT2D eigenvalue weighted by atomic mass is 9.91. The van der Waals surface area contributed by atoms with Crippen LogP contribution in [-0.2, 0) is 4.79 Å². The van der Waals surface area contributed by atoms with Crippen LogP contribution in [0.1, 0.15) is 24.4 Å². The molecular weight excluding hydrogens is 244 g/mol. The number of carbonyl (C=O) groups excluding carboxylic acids is 1. The molecule has 0 spiro atoms. The lowest BCUT2D eigenvalue weighted by Gasteiger charge is -2.37. The van der Waals surface area contributed by atoms with E-state index in [1.807, 2.05) is 18.2 Å². The number of carbonyl (C=O) groups is 1. The maximum atomic E-state index is 11.8. The van der Waals surface area contributed by atoms with Gasteiger partial charge in [0.15, 0.2) is 11.5 Å². The Morgan fingerprint density at radius 3 is 2.58 bits per heavy atom. The van der Waals surface area contributed by atoms with Crippen LogP contribution in [0.15, 0.2) is 18.2 Å². The van der Waals surface area contributed by atoms with Gasteiger partial charge in [-0.25, -0.2) is 0 Å². The third kappa shape index (κ3) is 2.51. The molecule has 5 nitrogen and oxygen atoms in total. The van der Waals surface area contributed by atoms with E-state index in [0.717, 1.165) is 5.56 Å². The van der Waals surface area contributed by atoms with Gasteiger partial charge in [-0.05, 0) is 24.1 Å². The number of piperidine rings is 1. The Hall–Kier alpha value is -1.75. The number of methoxy groups -OCH3 is 2. The molecule has 2 N–H and O–H groups in total. The smallest absolute Gasteiger partial charge is 0.222 e. The highest BCUT2D eigenvalue weighted by Gasteiger charge is 2.32. The molecule has 1 aliphatic heterocycles. The third-order valence-corrected chi connectivity index (χ3v) is 3.66. The van der Waals surface area contributed by atoms with Crippen molar-refractivity contribution in [2.75, 3.05) is 21.3 Å². The van der Waals surface area contributed by atoms with Crippen LogP contribution in [0.2, 0.25) is 0 Å². The Labute approximate surface area is 113 Å². The second-order valence-corrected chi connectivity index (χ2v) is 4.77. The van der Waals surface area contributed by atoms with Gasteiger partial charge in [0, 0.05) is 19.5 Å². The summed E-state index contributed by atoms with van der Waals surface area (Å²) >= 11 is 0. The normalized spacial score (nSPS) is 23.4. The zero-order valence-corrected chi connectivity index (χ0v) is 11.6. The molecule has 1 aromatic rings. The highest BCUT2D eigenvalue weighted by molar-refractivity contribution is 5.77. The van der Waals surface area contributed by atoms with E-state index in [4.69, 9.17) is 15.2 Å². The molecule has 1 aliphatic rings. The third-order valence-electron chi connectivity index (χ3n) is 3.66. The first-order chi connectivity index (χ1) is 9.08. The fourth-order valence-electron chi connectivity index (χ4n) is 2.57. The van der Waals surface area contributed by atoms with Crippen molar-refractivity contribution in [3.05, 3.63) is 23.8 Å². The highest BCUT2D eigenvalue weighted by Crippen LogP contribution is 2.35. The fraction of sp³-hybridized carbons (Fsp3) is 0.500. The number of likely N-dealkylation sites (N-methyl/N-ethyl adjacent to an activating group) is 1. The van der Waals surface area contributed by atoms with E-state index in [-0.39, 0.29) is 18.0 Å². The van der Waals surface area contributed by atoms with E-state index in [9.17, 15) is 4.79 Å². The van der Waals surface area contributed by atoms with Crippen molar-refractivity contribution in [2.45, 2.75) is 24.9 Å². The van der Waals surface area contributed by atoms with E-state index in [1.54, 1.807) is 26.2 Å². The van der Waals surface area contributed by atoms with Crippen LogP contribution >= 0.6 is 0 Å². The first kappa shape index (κ1) is 13.7. The van der Waals surface area contributed by atoms with E-state index in [0.29, 0.717) is 24.3 Å². The first-order valence-corrected chi connectivity index (χ1v) is 6.31. The highest BCUT2D eigenvalue weighted by atomic mass is 16.5. The molecule has 1 aromatic carbocycles. The molecule has 104 valence electrons. The monoisotopic (exact) mass is 264 g/mol. The van der Waals surface area contributed by atoms with Gasteiger partial charge < -0.3 is 20.1 Å². The summed E-state index contributed by atoms with van der Waals surface area (Å²) in [5.74, 6) is 1.45. The number of benzene rings is 1. The molecule has 0 saturated carbocycles. The lowest BCUT2D eigenvalue weighted by molar-refractivity contribution is -0.135. The molecule has 0 bridgehead atoms. The number of rotatable bonds is 3.